The minimum Gasteiger partial charge on any atom is -0.388 e. The van der Waals surface area contributed by atoms with E-state index in [1.807, 2.05) is 6.92 Å². The van der Waals surface area contributed by atoms with Gasteiger partial charge in [-0.05, 0) is 19.4 Å². The Balaban J connectivity index is 2.17. The zero-order valence-electron chi connectivity index (χ0n) is 13.0. The summed E-state index contributed by atoms with van der Waals surface area (Å²) in [7, 11) is 0. The molecule has 0 aliphatic heterocycles. The van der Waals surface area contributed by atoms with Crippen LogP contribution in [0.5, 0.6) is 0 Å². The summed E-state index contributed by atoms with van der Waals surface area (Å²) in [5.41, 5.74) is 1.45. The van der Waals surface area contributed by atoms with Gasteiger partial charge in [0.05, 0.1) is 6.10 Å². The van der Waals surface area contributed by atoms with Crippen molar-refractivity contribution < 1.29 is 9.50 Å². The molecular weight excluding hydrogens is 251 g/mol. The molecule has 0 amide bonds. The zero-order chi connectivity index (χ0) is 14.8. The van der Waals surface area contributed by atoms with Crippen LogP contribution in [0.4, 0.5) is 4.39 Å². The van der Waals surface area contributed by atoms with Crippen molar-refractivity contribution in [3.8, 4) is 0 Å². The molecule has 1 aromatic carbocycles. The minimum absolute atomic E-state index is 0.289. The molecule has 0 saturated heterocycles. The molecule has 20 heavy (non-hydrogen) atoms. The standard InChI is InChI=1S/C18H29FO/c1-3-4-5-6-7-8-9-10-11-18(20)16-14-15(2)12-13-17(16)19/h12-14,18,20H,3-11H2,1-2H3. The Morgan fingerprint density at radius 3 is 2.25 bits per heavy atom. The molecule has 1 aromatic rings. The number of aryl methyl sites for hydroxylation is 1. The van der Waals surface area contributed by atoms with Gasteiger partial charge >= 0.3 is 0 Å². The lowest BCUT2D eigenvalue weighted by Crippen LogP contribution is -2.01. The Morgan fingerprint density at radius 1 is 1.00 bits per heavy atom. The average molecular weight is 280 g/mol. The van der Waals surface area contributed by atoms with E-state index in [2.05, 4.69) is 6.92 Å². The lowest BCUT2D eigenvalue weighted by molar-refractivity contribution is 0.158. The van der Waals surface area contributed by atoms with Crippen LogP contribution in [0.2, 0.25) is 0 Å². The van der Waals surface area contributed by atoms with E-state index in [0.717, 1.165) is 18.4 Å². The molecule has 0 bridgehead atoms. The highest BCUT2D eigenvalue weighted by Crippen LogP contribution is 2.23. The highest BCUT2D eigenvalue weighted by Gasteiger charge is 2.12. The summed E-state index contributed by atoms with van der Waals surface area (Å²) in [5, 5.41) is 10.1. The predicted molar refractivity (Wildman–Crippen MR) is 83.3 cm³/mol. The Kier molecular flexibility index (Phi) is 8.52. The Labute approximate surface area is 123 Å². The molecule has 0 heterocycles. The molecule has 1 nitrogen and oxygen atoms in total. The molecule has 1 unspecified atom stereocenters. The zero-order valence-corrected chi connectivity index (χ0v) is 13.0. The number of halogens is 1. The lowest BCUT2D eigenvalue weighted by Gasteiger charge is -2.12. The predicted octanol–water partition coefficient (Wildman–Crippen LogP) is 5.70. The largest absolute Gasteiger partial charge is 0.388 e. The van der Waals surface area contributed by atoms with E-state index in [0.29, 0.717) is 12.0 Å². The molecule has 2 heteroatoms. The number of aliphatic hydroxyl groups excluding tert-OH is 1. The monoisotopic (exact) mass is 280 g/mol. The molecule has 0 radical (unpaired) electrons. The van der Waals surface area contributed by atoms with Crippen molar-refractivity contribution in [3.63, 3.8) is 0 Å². The maximum Gasteiger partial charge on any atom is 0.129 e. The SMILES string of the molecule is CCCCCCCCCCC(O)c1cc(C)ccc1F. The summed E-state index contributed by atoms with van der Waals surface area (Å²) >= 11 is 0. The van der Waals surface area contributed by atoms with Gasteiger partial charge in [-0.3, -0.25) is 0 Å². The van der Waals surface area contributed by atoms with E-state index in [9.17, 15) is 9.50 Å². The van der Waals surface area contributed by atoms with Crippen molar-refractivity contribution in [2.45, 2.75) is 77.7 Å². The van der Waals surface area contributed by atoms with Crippen molar-refractivity contribution in [1.29, 1.82) is 0 Å². The van der Waals surface area contributed by atoms with E-state index in [1.54, 1.807) is 12.1 Å². The van der Waals surface area contributed by atoms with Crippen LogP contribution < -0.4 is 0 Å². The number of hydrogen-bond acceptors (Lipinski definition) is 1. The number of hydrogen-bond donors (Lipinski definition) is 1. The van der Waals surface area contributed by atoms with Gasteiger partial charge in [-0.25, -0.2) is 4.39 Å². The van der Waals surface area contributed by atoms with Gasteiger partial charge in [-0.2, -0.15) is 0 Å². The molecular formula is C18H29FO. The second-order valence-electron chi connectivity index (χ2n) is 5.80. The summed E-state index contributed by atoms with van der Waals surface area (Å²) in [6, 6.07) is 4.94. The van der Waals surface area contributed by atoms with Crippen molar-refractivity contribution in [2.75, 3.05) is 0 Å². The maximum absolute atomic E-state index is 13.6. The smallest absolute Gasteiger partial charge is 0.129 e. The maximum atomic E-state index is 13.6. The quantitative estimate of drug-likeness (QED) is 0.545. The number of unbranched alkanes of at least 4 members (excludes halogenated alkanes) is 7. The van der Waals surface area contributed by atoms with Crippen LogP contribution in [0, 0.1) is 12.7 Å². The highest BCUT2D eigenvalue weighted by molar-refractivity contribution is 5.25. The first-order valence-corrected chi connectivity index (χ1v) is 8.09. The van der Waals surface area contributed by atoms with Crippen molar-refractivity contribution in [2.24, 2.45) is 0 Å². The molecule has 0 aliphatic carbocycles. The first-order chi connectivity index (χ1) is 9.65. The van der Waals surface area contributed by atoms with E-state index >= 15 is 0 Å². The van der Waals surface area contributed by atoms with Gasteiger partial charge in [0.1, 0.15) is 5.82 Å². The van der Waals surface area contributed by atoms with Gasteiger partial charge < -0.3 is 5.11 Å². The Bertz CT molecular complexity index is 376. The Morgan fingerprint density at radius 2 is 1.60 bits per heavy atom. The first kappa shape index (κ1) is 17.2. The fraction of sp³-hybridized carbons (Fsp3) is 0.667. The van der Waals surface area contributed by atoms with Crippen LogP contribution in [0.3, 0.4) is 0 Å². The summed E-state index contributed by atoms with van der Waals surface area (Å²) < 4.78 is 13.6. The van der Waals surface area contributed by atoms with Crippen molar-refractivity contribution >= 4 is 0 Å². The fourth-order valence-electron chi connectivity index (χ4n) is 2.55. The summed E-state index contributed by atoms with van der Waals surface area (Å²) in [6.45, 7) is 4.15. The summed E-state index contributed by atoms with van der Waals surface area (Å²) in [4.78, 5) is 0. The summed E-state index contributed by atoms with van der Waals surface area (Å²) in [5.74, 6) is -0.289. The second-order valence-corrected chi connectivity index (χ2v) is 5.80. The molecule has 1 atom stereocenters. The summed E-state index contributed by atoms with van der Waals surface area (Å²) in [6.07, 6.45) is 9.92. The van der Waals surface area contributed by atoms with Gasteiger partial charge in [0.2, 0.25) is 0 Å². The third kappa shape index (κ3) is 6.51. The van der Waals surface area contributed by atoms with Crippen LogP contribution in [-0.2, 0) is 0 Å². The molecule has 1 rings (SSSR count). The minimum atomic E-state index is -0.657. The molecule has 0 fully saturated rings. The van der Waals surface area contributed by atoms with E-state index in [1.165, 1.54) is 44.6 Å². The number of rotatable bonds is 10. The average Bonchev–Trinajstić information content (AvgIpc) is 2.44. The molecule has 0 spiro atoms. The van der Waals surface area contributed by atoms with Gasteiger partial charge in [0.25, 0.3) is 0 Å². The van der Waals surface area contributed by atoms with Crippen LogP contribution in [0.15, 0.2) is 18.2 Å². The van der Waals surface area contributed by atoms with E-state index in [4.69, 9.17) is 0 Å². The van der Waals surface area contributed by atoms with Crippen LogP contribution >= 0.6 is 0 Å². The third-order valence-corrected chi connectivity index (χ3v) is 3.84. The topological polar surface area (TPSA) is 20.2 Å². The molecule has 0 aliphatic rings. The molecule has 114 valence electrons. The normalized spacial score (nSPS) is 12.6. The number of aliphatic hydroxyl groups is 1. The van der Waals surface area contributed by atoms with Crippen LogP contribution in [0.25, 0.3) is 0 Å². The second kappa shape index (κ2) is 9.93. The van der Waals surface area contributed by atoms with Gasteiger partial charge in [-0.1, -0.05) is 76.0 Å². The Hall–Kier alpha value is -0.890. The lowest BCUT2D eigenvalue weighted by atomic mass is 10.00. The highest BCUT2D eigenvalue weighted by atomic mass is 19.1. The number of benzene rings is 1. The molecule has 1 N–H and O–H groups in total. The molecule has 0 saturated carbocycles. The third-order valence-electron chi connectivity index (χ3n) is 3.84. The van der Waals surface area contributed by atoms with Crippen LogP contribution in [0.1, 0.15) is 81.9 Å². The molecule has 0 aromatic heterocycles. The first-order valence-electron chi connectivity index (χ1n) is 8.09. The van der Waals surface area contributed by atoms with E-state index in [-0.39, 0.29) is 5.82 Å². The van der Waals surface area contributed by atoms with Gasteiger partial charge in [0.15, 0.2) is 0 Å². The van der Waals surface area contributed by atoms with Crippen LogP contribution in [-0.4, -0.2) is 5.11 Å². The van der Waals surface area contributed by atoms with Gasteiger partial charge in [-0.15, -0.1) is 0 Å². The van der Waals surface area contributed by atoms with Crippen molar-refractivity contribution in [1.82, 2.24) is 0 Å². The van der Waals surface area contributed by atoms with Gasteiger partial charge in [0, 0.05) is 5.56 Å². The van der Waals surface area contributed by atoms with Crippen molar-refractivity contribution in [3.05, 3.63) is 35.1 Å². The van der Waals surface area contributed by atoms with E-state index < -0.39 is 6.10 Å². The fourth-order valence-corrected chi connectivity index (χ4v) is 2.55.